The lowest BCUT2D eigenvalue weighted by Crippen LogP contribution is -2.25. The van der Waals surface area contributed by atoms with E-state index in [4.69, 9.17) is 0 Å². The average molecular weight is 357 g/mol. The summed E-state index contributed by atoms with van der Waals surface area (Å²) < 4.78 is 0. The molecule has 3 aromatic carbocycles. The van der Waals surface area contributed by atoms with Crippen molar-refractivity contribution in [1.82, 2.24) is 0 Å². The van der Waals surface area contributed by atoms with Crippen molar-refractivity contribution in [2.45, 2.75) is 57.3 Å². The molecule has 3 aromatic rings. The van der Waals surface area contributed by atoms with Gasteiger partial charge in [0.05, 0.1) is 0 Å². The average Bonchev–Trinajstić information content (AvgIpc) is 2.75. The Morgan fingerprint density at radius 1 is 0.704 bits per heavy atom. The number of hydrogen-bond donors (Lipinski definition) is 0. The third kappa shape index (κ3) is 4.89. The van der Waals surface area contributed by atoms with Crippen LogP contribution in [-0.4, -0.2) is 0 Å². The normalized spacial score (nSPS) is 15.7. The first-order valence-electron chi connectivity index (χ1n) is 10.3. The molecule has 0 heteroatoms. The lowest BCUT2D eigenvalue weighted by atomic mass is 9.70. The van der Waals surface area contributed by atoms with Gasteiger partial charge in [0.15, 0.2) is 0 Å². The molecule has 0 saturated heterocycles. The van der Waals surface area contributed by atoms with Crippen molar-refractivity contribution in [1.29, 1.82) is 0 Å². The summed E-state index contributed by atoms with van der Waals surface area (Å²) in [6, 6.07) is 33.1. The molecule has 0 spiro atoms. The maximum absolute atomic E-state index is 2.44. The Bertz CT molecular complexity index is 791. The third-order valence-corrected chi connectivity index (χ3v) is 6.23. The fourth-order valence-corrected chi connectivity index (χ4v) is 4.26. The monoisotopic (exact) mass is 356 g/mol. The van der Waals surface area contributed by atoms with Gasteiger partial charge >= 0.3 is 0 Å². The second-order valence-electron chi connectivity index (χ2n) is 8.14. The smallest absolute Gasteiger partial charge is 0.00721 e. The molecule has 0 aliphatic rings. The first-order chi connectivity index (χ1) is 13.1. The van der Waals surface area contributed by atoms with Crippen molar-refractivity contribution in [2.75, 3.05) is 0 Å². The number of rotatable bonds is 8. The summed E-state index contributed by atoms with van der Waals surface area (Å²) in [6.07, 6.45) is 3.51. The SMILES string of the molecule is CCC(C)(CC(CC(C)c1ccccc1)c1ccccc1)c1ccccc1. The Labute approximate surface area is 165 Å². The van der Waals surface area contributed by atoms with Crippen LogP contribution in [-0.2, 0) is 5.41 Å². The second kappa shape index (κ2) is 9.04. The fourth-order valence-electron chi connectivity index (χ4n) is 4.26. The van der Waals surface area contributed by atoms with Crippen LogP contribution in [0.5, 0.6) is 0 Å². The first-order valence-corrected chi connectivity index (χ1v) is 10.3. The molecule has 0 bridgehead atoms. The van der Waals surface area contributed by atoms with Gasteiger partial charge in [0.1, 0.15) is 0 Å². The standard InChI is InChI=1S/C27H32/c1-4-27(3,26-18-12-7-13-19-26)21-25(24-16-10-6-11-17-24)20-22(2)23-14-8-5-9-15-23/h5-19,22,25H,4,20-21H2,1-3H3. The summed E-state index contributed by atoms with van der Waals surface area (Å²) in [7, 11) is 0. The molecule has 3 rings (SSSR count). The molecule has 0 N–H and O–H groups in total. The van der Waals surface area contributed by atoms with Crippen LogP contribution in [0.4, 0.5) is 0 Å². The maximum atomic E-state index is 2.44. The Balaban J connectivity index is 1.88. The number of hydrogen-bond acceptors (Lipinski definition) is 0. The number of benzene rings is 3. The van der Waals surface area contributed by atoms with E-state index in [0.29, 0.717) is 11.8 Å². The maximum Gasteiger partial charge on any atom is -0.00721 e. The van der Waals surface area contributed by atoms with E-state index in [1.165, 1.54) is 29.5 Å². The minimum Gasteiger partial charge on any atom is -0.0645 e. The van der Waals surface area contributed by atoms with Gasteiger partial charge in [0.2, 0.25) is 0 Å². The van der Waals surface area contributed by atoms with Gasteiger partial charge in [0, 0.05) is 0 Å². The first kappa shape index (κ1) is 19.4. The van der Waals surface area contributed by atoms with Crippen molar-refractivity contribution in [3.05, 3.63) is 108 Å². The molecule has 0 fully saturated rings. The Hall–Kier alpha value is -2.34. The second-order valence-corrected chi connectivity index (χ2v) is 8.14. The molecule has 0 nitrogen and oxygen atoms in total. The molecule has 0 radical (unpaired) electrons. The van der Waals surface area contributed by atoms with Crippen LogP contribution in [0.2, 0.25) is 0 Å². The molecule has 0 aromatic heterocycles. The summed E-state index contributed by atoms with van der Waals surface area (Å²) in [5, 5.41) is 0. The zero-order valence-electron chi connectivity index (χ0n) is 16.9. The molecule has 27 heavy (non-hydrogen) atoms. The van der Waals surface area contributed by atoms with Gasteiger partial charge in [-0.05, 0) is 53.2 Å². The van der Waals surface area contributed by atoms with Crippen molar-refractivity contribution in [2.24, 2.45) is 0 Å². The van der Waals surface area contributed by atoms with Gasteiger partial charge in [-0.25, -0.2) is 0 Å². The largest absolute Gasteiger partial charge is 0.0645 e. The summed E-state index contributed by atoms with van der Waals surface area (Å²) in [4.78, 5) is 0. The molecule has 0 saturated carbocycles. The van der Waals surface area contributed by atoms with E-state index in [9.17, 15) is 0 Å². The van der Waals surface area contributed by atoms with E-state index in [1.54, 1.807) is 0 Å². The van der Waals surface area contributed by atoms with Gasteiger partial charge in [-0.3, -0.25) is 0 Å². The van der Waals surface area contributed by atoms with Gasteiger partial charge < -0.3 is 0 Å². The van der Waals surface area contributed by atoms with Crippen molar-refractivity contribution in [3.63, 3.8) is 0 Å². The zero-order valence-corrected chi connectivity index (χ0v) is 16.9. The van der Waals surface area contributed by atoms with Gasteiger partial charge in [-0.1, -0.05) is 112 Å². The van der Waals surface area contributed by atoms with Gasteiger partial charge in [0.25, 0.3) is 0 Å². The van der Waals surface area contributed by atoms with Crippen LogP contribution in [0.3, 0.4) is 0 Å². The Morgan fingerprint density at radius 3 is 1.70 bits per heavy atom. The van der Waals surface area contributed by atoms with E-state index in [1.807, 2.05) is 0 Å². The van der Waals surface area contributed by atoms with Crippen LogP contribution in [0, 0.1) is 0 Å². The van der Waals surface area contributed by atoms with E-state index in [0.717, 1.165) is 6.42 Å². The van der Waals surface area contributed by atoms with Gasteiger partial charge in [-0.15, -0.1) is 0 Å². The Morgan fingerprint density at radius 2 is 1.19 bits per heavy atom. The van der Waals surface area contributed by atoms with Crippen molar-refractivity contribution >= 4 is 0 Å². The van der Waals surface area contributed by atoms with Crippen LogP contribution < -0.4 is 0 Å². The highest BCUT2D eigenvalue weighted by atomic mass is 14.3. The van der Waals surface area contributed by atoms with Crippen molar-refractivity contribution in [3.8, 4) is 0 Å². The topological polar surface area (TPSA) is 0 Å². The van der Waals surface area contributed by atoms with Crippen LogP contribution >= 0.6 is 0 Å². The highest BCUT2D eigenvalue weighted by Gasteiger charge is 2.30. The molecular weight excluding hydrogens is 324 g/mol. The predicted octanol–water partition coefficient (Wildman–Crippen LogP) is 7.72. The minimum atomic E-state index is 0.193. The van der Waals surface area contributed by atoms with E-state index >= 15 is 0 Å². The van der Waals surface area contributed by atoms with Crippen LogP contribution in [0.15, 0.2) is 91.0 Å². The fraction of sp³-hybridized carbons (Fsp3) is 0.333. The van der Waals surface area contributed by atoms with E-state index in [-0.39, 0.29) is 5.41 Å². The molecule has 3 atom stereocenters. The Kier molecular flexibility index (Phi) is 6.50. The lowest BCUT2D eigenvalue weighted by Gasteiger charge is -2.34. The molecule has 0 amide bonds. The highest BCUT2D eigenvalue weighted by Crippen LogP contribution is 2.41. The van der Waals surface area contributed by atoms with Crippen LogP contribution in [0.1, 0.15) is 68.6 Å². The van der Waals surface area contributed by atoms with E-state index < -0.39 is 0 Å². The van der Waals surface area contributed by atoms with E-state index in [2.05, 4.69) is 112 Å². The molecule has 0 aliphatic carbocycles. The van der Waals surface area contributed by atoms with Crippen molar-refractivity contribution < 1.29 is 0 Å². The minimum absolute atomic E-state index is 0.193. The molecule has 3 unspecified atom stereocenters. The molecular formula is C27H32. The summed E-state index contributed by atoms with van der Waals surface area (Å²) >= 11 is 0. The molecule has 0 heterocycles. The zero-order chi connectivity index (χ0) is 19.1. The summed E-state index contributed by atoms with van der Waals surface area (Å²) in [5.41, 5.74) is 4.56. The van der Waals surface area contributed by atoms with Gasteiger partial charge in [-0.2, -0.15) is 0 Å². The summed E-state index contributed by atoms with van der Waals surface area (Å²) in [5.74, 6) is 1.10. The summed E-state index contributed by atoms with van der Waals surface area (Å²) in [6.45, 7) is 7.14. The van der Waals surface area contributed by atoms with Crippen LogP contribution in [0.25, 0.3) is 0 Å². The lowest BCUT2D eigenvalue weighted by molar-refractivity contribution is 0.358. The highest BCUT2D eigenvalue weighted by molar-refractivity contribution is 5.28. The third-order valence-electron chi connectivity index (χ3n) is 6.23. The predicted molar refractivity (Wildman–Crippen MR) is 117 cm³/mol. The molecule has 140 valence electrons. The molecule has 0 aliphatic heterocycles. The quantitative estimate of drug-likeness (QED) is 0.387.